The molecule has 10 nitrogen and oxygen atoms in total. The Labute approximate surface area is 135 Å². The van der Waals surface area contributed by atoms with E-state index in [0.717, 1.165) is 12.1 Å². The predicted octanol–water partition coefficient (Wildman–Crippen LogP) is 2.66. The van der Waals surface area contributed by atoms with Crippen LogP contribution in [-0.2, 0) is 0 Å². The number of aromatic hydroxyl groups is 1. The number of nitrogens with one attached hydrogen (secondary N) is 1. The Morgan fingerprint density at radius 1 is 1.12 bits per heavy atom. The van der Waals surface area contributed by atoms with Gasteiger partial charge in [0.25, 0.3) is 11.4 Å². The third-order valence-corrected chi connectivity index (χ3v) is 3.00. The lowest BCUT2D eigenvalue weighted by atomic mass is 10.2. The molecule has 0 spiro atoms. The van der Waals surface area contributed by atoms with Crippen LogP contribution in [0.3, 0.4) is 0 Å². The van der Waals surface area contributed by atoms with Crippen molar-refractivity contribution in [3.8, 4) is 11.5 Å². The molecule has 24 heavy (non-hydrogen) atoms. The molecule has 0 aliphatic rings. The van der Waals surface area contributed by atoms with Gasteiger partial charge in [0, 0.05) is 23.8 Å². The minimum absolute atomic E-state index is 0.0546. The van der Waals surface area contributed by atoms with Crippen molar-refractivity contribution in [2.75, 3.05) is 12.5 Å². The molecule has 0 saturated heterocycles. The smallest absolute Gasteiger partial charge is 0.274 e. The number of non-ortho nitro benzene ring substituents is 2. The zero-order chi connectivity index (χ0) is 17.7. The first-order valence-corrected chi connectivity index (χ1v) is 6.51. The first kappa shape index (κ1) is 16.7. The minimum atomic E-state index is -0.622. The zero-order valence-electron chi connectivity index (χ0n) is 12.4. The van der Waals surface area contributed by atoms with Gasteiger partial charge in [-0.05, 0) is 12.1 Å². The molecule has 0 amide bonds. The van der Waals surface area contributed by atoms with Crippen LogP contribution in [-0.4, -0.2) is 28.3 Å². The zero-order valence-corrected chi connectivity index (χ0v) is 12.4. The number of anilines is 1. The molecular weight excluding hydrogens is 320 g/mol. The van der Waals surface area contributed by atoms with E-state index in [4.69, 9.17) is 4.74 Å². The van der Waals surface area contributed by atoms with Gasteiger partial charge in [0.05, 0.1) is 34.9 Å². The lowest BCUT2D eigenvalue weighted by Crippen LogP contribution is -1.96. The Morgan fingerprint density at radius 3 is 2.29 bits per heavy atom. The molecule has 0 saturated carbocycles. The van der Waals surface area contributed by atoms with Crippen molar-refractivity contribution in [3.63, 3.8) is 0 Å². The van der Waals surface area contributed by atoms with Crippen molar-refractivity contribution in [2.45, 2.75) is 0 Å². The Morgan fingerprint density at radius 2 is 1.75 bits per heavy atom. The molecule has 0 heterocycles. The van der Waals surface area contributed by atoms with Gasteiger partial charge in [0.1, 0.15) is 0 Å². The van der Waals surface area contributed by atoms with E-state index in [0.29, 0.717) is 5.69 Å². The summed E-state index contributed by atoms with van der Waals surface area (Å²) < 4.78 is 4.88. The van der Waals surface area contributed by atoms with Crippen LogP contribution in [0.25, 0.3) is 0 Å². The van der Waals surface area contributed by atoms with Crippen LogP contribution in [0.15, 0.2) is 41.5 Å². The van der Waals surface area contributed by atoms with Gasteiger partial charge in [0.15, 0.2) is 11.5 Å². The molecule has 0 aliphatic carbocycles. The summed E-state index contributed by atoms with van der Waals surface area (Å²) in [7, 11) is 1.27. The van der Waals surface area contributed by atoms with Gasteiger partial charge in [0.2, 0.25) is 0 Å². The van der Waals surface area contributed by atoms with Crippen LogP contribution in [0, 0.1) is 20.2 Å². The monoisotopic (exact) mass is 332 g/mol. The van der Waals surface area contributed by atoms with Gasteiger partial charge < -0.3 is 9.84 Å². The molecule has 10 heteroatoms. The molecule has 0 fully saturated rings. The van der Waals surface area contributed by atoms with Crippen molar-refractivity contribution in [3.05, 3.63) is 62.2 Å². The number of phenols is 1. The second-order valence-corrected chi connectivity index (χ2v) is 4.52. The highest BCUT2D eigenvalue weighted by molar-refractivity contribution is 5.86. The maximum Gasteiger partial charge on any atom is 0.274 e. The van der Waals surface area contributed by atoms with Gasteiger partial charge in [-0.15, -0.1) is 0 Å². The summed E-state index contributed by atoms with van der Waals surface area (Å²) in [6.45, 7) is 0. The first-order valence-electron chi connectivity index (χ1n) is 6.51. The normalized spacial score (nSPS) is 10.5. The summed E-state index contributed by atoms with van der Waals surface area (Å²) in [5, 5.41) is 35.2. The van der Waals surface area contributed by atoms with E-state index in [1.54, 1.807) is 0 Å². The minimum Gasteiger partial charge on any atom is -0.504 e. The maximum atomic E-state index is 10.9. The third-order valence-electron chi connectivity index (χ3n) is 3.00. The van der Waals surface area contributed by atoms with Gasteiger partial charge in [-0.2, -0.15) is 5.10 Å². The second-order valence-electron chi connectivity index (χ2n) is 4.52. The molecule has 2 rings (SSSR count). The Kier molecular flexibility index (Phi) is 4.90. The molecule has 2 N–H and O–H groups in total. The first-order chi connectivity index (χ1) is 11.4. The predicted molar refractivity (Wildman–Crippen MR) is 85.6 cm³/mol. The number of nitro groups is 2. The number of phenolic OH excluding ortho intramolecular Hbond substituents is 1. The number of benzene rings is 2. The lowest BCUT2D eigenvalue weighted by Gasteiger charge is -2.06. The van der Waals surface area contributed by atoms with Crippen molar-refractivity contribution in [1.29, 1.82) is 0 Å². The van der Waals surface area contributed by atoms with Crippen molar-refractivity contribution >= 4 is 23.3 Å². The van der Waals surface area contributed by atoms with Crippen LogP contribution in [0.1, 0.15) is 5.56 Å². The second kappa shape index (κ2) is 7.05. The quantitative estimate of drug-likeness (QED) is 0.470. The Balaban J connectivity index is 2.20. The molecule has 0 unspecified atom stereocenters. The van der Waals surface area contributed by atoms with Crippen molar-refractivity contribution in [2.24, 2.45) is 5.10 Å². The number of nitrogens with zero attached hydrogens (tertiary/aromatic N) is 3. The van der Waals surface area contributed by atoms with Crippen LogP contribution in [0.5, 0.6) is 11.5 Å². The van der Waals surface area contributed by atoms with Crippen molar-refractivity contribution in [1.82, 2.24) is 0 Å². The van der Waals surface area contributed by atoms with Gasteiger partial charge in [-0.1, -0.05) is 0 Å². The van der Waals surface area contributed by atoms with E-state index >= 15 is 0 Å². The number of hydrazone groups is 1. The third kappa shape index (κ3) is 3.74. The number of rotatable bonds is 6. The largest absolute Gasteiger partial charge is 0.504 e. The molecule has 0 radical (unpaired) electrons. The Bertz CT molecular complexity index is 804. The number of hydrogen-bond acceptors (Lipinski definition) is 8. The highest BCUT2D eigenvalue weighted by atomic mass is 16.6. The molecule has 124 valence electrons. The van der Waals surface area contributed by atoms with Gasteiger partial charge >= 0.3 is 0 Å². The summed E-state index contributed by atoms with van der Waals surface area (Å²) in [4.78, 5) is 20.3. The number of nitro benzene ring substituents is 2. The number of methoxy groups -OCH3 is 1. The van der Waals surface area contributed by atoms with E-state index in [-0.39, 0.29) is 28.4 Å². The maximum absolute atomic E-state index is 10.9. The van der Waals surface area contributed by atoms with E-state index in [1.807, 2.05) is 0 Å². The van der Waals surface area contributed by atoms with Crippen LogP contribution < -0.4 is 10.2 Å². The summed E-state index contributed by atoms with van der Waals surface area (Å²) in [5.41, 5.74) is 2.82. The highest BCUT2D eigenvalue weighted by Crippen LogP contribution is 2.33. The van der Waals surface area contributed by atoms with Crippen LogP contribution in [0.4, 0.5) is 17.1 Å². The fourth-order valence-corrected chi connectivity index (χ4v) is 1.81. The van der Waals surface area contributed by atoms with Crippen molar-refractivity contribution < 1.29 is 19.7 Å². The number of ether oxygens (including phenoxy) is 1. The van der Waals surface area contributed by atoms with Crippen LogP contribution in [0.2, 0.25) is 0 Å². The average Bonchev–Trinajstić information content (AvgIpc) is 2.56. The van der Waals surface area contributed by atoms with E-state index < -0.39 is 9.85 Å². The average molecular weight is 332 g/mol. The standard InChI is InChI=1S/C14H12N4O6/c1-24-13-7-12(18(22)23)6-9(14(13)19)8-15-16-10-2-4-11(5-3-10)17(20)21/h2-8,16,19H,1H3. The van der Waals surface area contributed by atoms with Crippen LogP contribution >= 0.6 is 0 Å². The summed E-state index contributed by atoms with van der Waals surface area (Å²) >= 11 is 0. The fourth-order valence-electron chi connectivity index (χ4n) is 1.81. The molecule has 2 aromatic rings. The molecule has 0 bridgehead atoms. The topological polar surface area (TPSA) is 140 Å². The molecule has 0 aromatic heterocycles. The SMILES string of the molecule is COc1cc([N+](=O)[O-])cc(C=NNc2ccc([N+](=O)[O-])cc2)c1O. The summed E-state index contributed by atoms with van der Waals surface area (Å²) in [6, 6.07) is 7.72. The molecule has 0 aliphatic heterocycles. The van der Waals surface area contributed by atoms with Gasteiger partial charge in [-0.25, -0.2) is 0 Å². The Hall–Kier alpha value is -3.69. The molecule has 2 aromatic carbocycles. The molecule has 0 atom stereocenters. The van der Waals surface area contributed by atoms with E-state index in [9.17, 15) is 25.3 Å². The fraction of sp³-hybridized carbons (Fsp3) is 0.0714. The lowest BCUT2D eigenvalue weighted by molar-refractivity contribution is -0.385. The summed E-state index contributed by atoms with van der Waals surface area (Å²) in [5.74, 6) is -0.349. The number of hydrogen-bond donors (Lipinski definition) is 2. The van der Waals surface area contributed by atoms with E-state index in [1.165, 1.54) is 37.6 Å². The van der Waals surface area contributed by atoms with E-state index in [2.05, 4.69) is 10.5 Å². The highest BCUT2D eigenvalue weighted by Gasteiger charge is 2.15. The molecular formula is C14H12N4O6. The van der Waals surface area contributed by atoms with Gasteiger partial charge in [-0.3, -0.25) is 25.7 Å². The summed E-state index contributed by atoms with van der Waals surface area (Å²) in [6.07, 6.45) is 1.17.